The van der Waals surface area contributed by atoms with Gasteiger partial charge in [-0.3, -0.25) is 4.79 Å². The zero-order valence-electron chi connectivity index (χ0n) is 12.1. The Kier molecular flexibility index (Phi) is 4.24. The molecule has 0 radical (unpaired) electrons. The smallest absolute Gasteiger partial charge is 0.240 e. The normalized spacial score (nSPS) is 15.5. The largest absolute Gasteiger partial charge is 0.350 e. The number of amides is 1. The highest BCUT2D eigenvalue weighted by molar-refractivity contribution is 5.76. The molecule has 1 amide bonds. The van der Waals surface area contributed by atoms with Crippen molar-refractivity contribution in [2.24, 2.45) is 0 Å². The van der Waals surface area contributed by atoms with E-state index >= 15 is 0 Å². The van der Waals surface area contributed by atoms with Crippen molar-refractivity contribution in [2.75, 3.05) is 0 Å². The van der Waals surface area contributed by atoms with Crippen LogP contribution in [0, 0.1) is 0 Å². The second-order valence-electron chi connectivity index (χ2n) is 5.91. The molecule has 106 valence electrons. The van der Waals surface area contributed by atoms with Crippen molar-refractivity contribution in [1.82, 2.24) is 20.2 Å². The quantitative estimate of drug-likeness (QED) is 0.783. The zero-order chi connectivity index (χ0) is 13.9. The number of imidazole rings is 1. The van der Waals surface area contributed by atoms with Crippen molar-refractivity contribution in [3.8, 4) is 0 Å². The summed E-state index contributed by atoms with van der Waals surface area (Å²) in [5.74, 6) is 0.967. The fraction of sp³-hybridized carbons (Fsp3) is 0.714. The molecule has 1 fully saturated rings. The van der Waals surface area contributed by atoms with Crippen LogP contribution in [-0.2, 0) is 17.9 Å². The van der Waals surface area contributed by atoms with Gasteiger partial charge in [0, 0.05) is 24.0 Å². The molecule has 19 heavy (non-hydrogen) atoms. The van der Waals surface area contributed by atoms with Gasteiger partial charge in [-0.2, -0.15) is 0 Å². The van der Waals surface area contributed by atoms with Crippen molar-refractivity contribution in [3.63, 3.8) is 0 Å². The third-order valence-electron chi connectivity index (χ3n) is 3.60. The molecule has 0 spiro atoms. The number of aromatic nitrogens is 2. The Labute approximate surface area is 114 Å². The van der Waals surface area contributed by atoms with E-state index in [0.29, 0.717) is 12.6 Å². The number of nitrogens with one attached hydrogen (secondary N) is 2. The Hall–Kier alpha value is -1.36. The number of hydrogen-bond donors (Lipinski definition) is 2. The van der Waals surface area contributed by atoms with E-state index in [1.165, 1.54) is 12.8 Å². The third kappa shape index (κ3) is 4.35. The van der Waals surface area contributed by atoms with Crippen molar-refractivity contribution in [3.05, 3.63) is 18.2 Å². The summed E-state index contributed by atoms with van der Waals surface area (Å²) in [7, 11) is 0. The van der Waals surface area contributed by atoms with Crippen LogP contribution < -0.4 is 10.6 Å². The van der Waals surface area contributed by atoms with E-state index < -0.39 is 0 Å². The van der Waals surface area contributed by atoms with Gasteiger partial charge < -0.3 is 15.2 Å². The fourth-order valence-electron chi connectivity index (χ4n) is 1.83. The molecule has 0 unspecified atom stereocenters. The highest BCUT2D eigenvalue weighted by Gasteiger charge is 2.21. The first kappa shape index (κ1) is 14.1. The third-order valence-corrected chi connectivity index (χ3v) is 3.60. The molecular weight excluding hydrogens is 240 g/mol. The minimum atomic E-state index is -0.149. The standard InChI is InChI=1S/C14H24N4O/c1-4-14(2,3)17-13(19)10-18-8-7-15-12(18)9-16-11-5-6-11/h7-8,11,16H,4-6,9-10H2,1-3H3,(H,17,19). The van der Waals surface area contributed by atoms with E-state index in [1.807, 2.05) is 24.6 Å². The van der Waals surface area contributed by atoms with Gasteiger partial charge in [-0.25, -0.2) is 4.98 Å². The van der Waals surface area contributed by atoms with Gasteiger partial charge in [0.1, 0.15) is 12.4 Å². The van der Waals surface area contributed by atoms with Crippen molar-refractivity contribution < 1.29 is 4.79 Å². The first-order valence-corrected chi connectivity index (χ1v) is 7.04. The fourth-order valence-corrected chi connectivity index (χ4v) is 1.83. The first-order valence-electron chi connectivity index (χ1n) is 7.04. The van der Waals surface area contributed by atoms with Crippen LogP contribution in [0.4, 0.5) is 0 Å². The number of carbonyl (C=O) groups excluding carboxylic acids is 1. The van der Waals surface area contributed by atoms with Gasteiger partial charge in [-0.05, 0) is 33.1 Å². The lowest BCUT2D eigenvalue weighted by molar-refractivity contribution is -0.123. The van der Waals surface area contributed by atoms with Crippen LogP contribution in [-0.4, -0.2) is 27.0 Å². The lowest BCUT2D eigenvalue weighted by Crippen LogP contribution is -2.44. The molecule has 0 saturated heterocycles. The van der Waals surface area contributed by atoms with E-state index in [4.69, 9.17) is 0 Å². The molecule has 0 aliphatic heterocycles. The van der Waals surface area contributed by atoms with Crippen molar-refractivity contribution >= 4 is 5.91 Å². The van der Waals surface area contributed by atoms with E-state index in [-0.39, 0.29) is 11.4 Å². The van der Waals surface area contributed by atoms with Gasteiger partial charge in [0.25, 0.3) is 0 Å². The monoisotopic (exact) mass is 264 g/mol. The van der Waals surface area contributed by atoms with E-state index in [2.05, 4.69) is 22.5 Å². The molecule has 1 aromatic heterocycles. The second-order valence-corrected chi connectivity index (χ2v) is 5.91. The second kappa shape index (κ2) is 5.74. The molecule has 1 aromatic rings. The number of carbonyl (C=O) groups is 1. The van der Waals surface area contributed by atoms with Crippen LogP contribution in [0.2, 0.25) is 0 Å². The molecule has 0 atom stereocenters. The number of nitrogens with zero attached hydrogens (tertiary/aromatic N) is 2. The van der Waals surface area contributed by atoms with E-state index in [1.54, 1.807) is 6.20 Å². The summed E-state index contributed by atoms with van der Waals surface area (Å²) in [4.78, 5) is 16.3. The Morgan fingerprint density at radius 3 is 2.89 bits per heavy atom. The molecule has 0 bridgehead atoms. The maximum atomic E-state index is 12.0. The van der Waals surface area contributed by atoms with Gasteiger partial charge in [0.2, 0.25) is 5.91 Å². The predicted octanol–water partition coefficient (Wildman–Crippen LogP) is 1.44. The van der Waals surface area contributed by atoms with Gasteiger partial charge >= 0.3 is 0 Å². The molecule has 1 heterocycles. The average Bonchev–Trinajstić information content (AvgIpc) is 3.07. The Bertz CT molecular complexity index is 434. The minimum absolute atomic E-state index is 0.0394. The molecule has 1 aliphatic carbocycles. The molecule has 5 nitrogen and oxygen atoms in total. The lowest BCUT2D eigenvalue weighted by Gasteiger charge is -2.24. The predicted molar refractivity (Wildman–Crippen MR) is 74.6 cm³/mol. The molecular formula is C14H24N4O. The maximum absolute atomic E-state index is 12.0. The van der Waals surface area contributed by atoms with Crippen molar-refractivity contribution in [1.29, 1.82) is 0 Å². The van der Waals surface area contributed by atoms with Crippen LogP contribution in [0.15, 0.2) is 12.4 Å². The van der Waals surface area contributed by atoms with Crippen LogP contribution in [0.5, 0.6) is 0 Å². The lowest BCUT2D eigenvalue weighted by atomic mass is 10.0. The molecule has 2 rings (SSSR count). The molecule has 1 saturated carbocycles. The number of hydrogen-bond acceptors (Lipinski definition) is 3. The van der Waals surface area contributed by atoms with E-state index in [9.17, 15) is 4.79 Å². The molecule has 2 N–H and O–H groups in total. The summed E-state index contributed by atoms with van der Waals surface area (Å²) < 4.78 is 1.91. The Morgan fingerprint density at radius 2 is 2.26 bits per heavy atom. The number of rotatable bonds is 7. The van der Waals surface area contributed by atoms with Gasteiger partial charge in [-0.1, -0.05) is 6.92 Å². The van der Waals surface area contributed by atoms with Gasteiger partial charge in [-0.15, -0.1) is 0 Å². The summed E-state index contributed by atoms with van der Waals surface area (Å²) in [5.41, 5.74) is -0.149. The van der Waals surface area contributed by atoms with E-state index in [0.717, 1.165) is 18.8 Å². The Balaban J connectivity index is 1.87. The summed E-state index contributed by atoms with van der Waals surface area (Å²) in [6.07, 6.45) is 7.04. The molecule has 0 aromatic carbocycles. The molecule has 1 aliphatic rings. The van der Waals surface area contributed by atoms with Crippen LogP contribution in [0.3, 0.4) is 0 Å². The zero-order valence-corrected chi connectivity index (χ0v) is 12.1. The average molecular weight is 264 g/mol. The van der Waals surface area contributed by atoms with Gasteiger partial charge in [0.05, 0.1) is 6.54 Å². The van der Waals surface area contributed by atoms with Crippen LogP contribution in [0.1, 0.15) is 45.9 Å². The summed E-state index contributed by atoms with van der Waals surface area (Å²) in [6, 6.07) is 0.651. The summed E-state index contributed by atoms with van der Waals surface area (Å²) in [5, 5.41) is 6.46. The maximum Gasteiger partial charge on any atom is 0.240 e. The van der Waals surface area contributed by atoms with Crippen LogP contribution in [0.25, 0.3) is 0 Å². The topological polar surface area (TPSA) is 59.0 Å². The Morgan fingerprint density at radius 1 is 1.53 bits per heavy atom. The highest BCUT2D eigenvalue weighted by Crippen LogP contribution is 2.19. The summed E-state index contributed by atoms with van der Waals surface area (Å²) in [6.45, 7) is 7.22. The summed E-state index contributed by atoms with van der Waals surface area (Å²) >= 11 is 0. The minimum Gasteiger partial charge on any atom is -0.350 e. The SMILES string of the molecule is CCC(C)(C)NC(=O)Cn1ccnc1CNC1CC1. The highest BCUT2D eigenvalue weighted by atomic mass is 16.2. The molecule has 5 heteroatoms. The van der Waals surface area contributed by atoms with Gasteiger partial charge in [0.15, 0.2) is 0 Å². The first-order chi connectivity index (χ1) is 9.00. The van der Waals surface area contributed by atoms with Crippen molar-refractivity contribution in [2.45, 2.75) is 64.7 Å². The van der Waals surface area contributed by atoms with Crippen LogP contribution >= 0.6 is 0 Å².